The molecule has 0 spiro atoms. The lowest BCUT2D eigenvalue weighted by molar-refractivity contribution is -0.274. The van der Waals surface area contributed by atoms with Crippen molar-refractivity contribution in [1.82, 2.24) is 4.98 Å². The first-order chi connectivity index (χ1) is 14.2. The summed E-state index contributed by atoms with van der Waals surface area (Å²) >= 11 is 0. The summed E-state index contributed by atoms with van der Waals surface area (Å²) in [6.45, 7) is 4.72. The molecule has 0 atom stereocenters. The first kappa shape index (κ1) is 24.4. The minimum atomic E-state index is -4.91. The van der Waals surface area contributed by atoms with Crippen LogP contribution in [0.15, 0.2) is 42.7 Å². The highest BCUT2D eigenvalue weighted by Crippen LogP contribution is 2.40. The van der Waals surface area contributed by atoms with Crippen molar-refractivity contribution in [1.29, 1.82) is 0 Å². The maximum atomic E-state index is 12.9. The third-order valence-electron chi connectivity index (χ3n) is 3.98. The summed E-state index contributed by atoms with van der Waals surface area (Å²) in [4.78, 5) is 18.1. The van der Waals surface area contributed by atoms with Gasteiger partial charge in [0.2, 0.25) is 0 Å². The quantitative estimate of drug-likeness (QED) is 0.634. The van der Waals surface area contributed by atoms with E-state index >= 15 is 0 Å². The molecule has 0 unspecified atom stereocenters. The average molecular weight is 460 g/mol. The van der Waals surface area contributed by atoms with Crippen molar-refractivity contribution in [3.05, 3.63) is 42.7 Å². The highest BCUT2D eigenvalue weighted by molar-refractivity contribution is 7.90. The first-order valence-electron chi connectivity index (χ1n) is 9.13. The summed E-state index contributed by atoms with van der Waals surface area (Å²) in [6, 6.07) is 6.98. The van der Waals surface area contributed by atoms with Crippen LogP contribution in [0.4, 0.5) is 23.7 Å². The van der Waals surface area contributed by atoms with Crippen LogP contribution in [-0.4, -0.2) is 50.0 Å². The maximum absolute atomic E-state index is 12.9. The Kier molecular flexibility index (Phi) is 7.20. The van der Waals surface area contributed by atoms with Crippen LogP contribution in [0.2, 0.25) is 0 Å². The van der Waals surface area contributed by atoms with E-state index in [-0.39, 0.29) is 29.2 Å². The average Bonchev–Trinajstić information content (AvgIpc) is 2.59. The fourth-order valence-electron chi connectivity index (χ4n) is 2.77. The molecule has 1 aromatic heterocycles. The molecule has 0 aliphatic carbocycles. The lowest BCUT2D eigenvalue weighted by atomic mass is 10.00. The molecule has 1 aromatic carbocycles. The predicted octanol–water partition coefficient (Wildman–Crippen LogP) is 4.43. The van der Waals surface area contributed by atoms with Crippen molar-refractivity contribution < 1.29 is 35.9 Å². The molecule has 2 rings (SSSR count). The molecule has 1 heterocycles. The number of pyridine rings is 1. The number of carbonyl (C=O) groups is 1. The molecule has 31 heavy (non-hydrogen) atoms. The fraction of sp³-hybridized carbons (Fsp3) is 0.400. The van der Waals surface area contributed by atoms with Crippen LogP contribution in [0.3, 0.4) is 0 Å². The van der Waals surface area contributed by atoms with Crippen LogP contribution < -0.4 is 9.64 Å². The molecule has 2 aromatic rings. The SMILES string of the molecule is CC(C)(C)N(C(=O)OCCS(C)(=O)=O)c1cnccc1-c1ccccc1OC(F)(F)F. The Morgan fingerprint density at radius 2 is 1.74 bits per heavy atom. The summed E-state index contributed by atoms with van der Waals surface area (Å²) in [6.07, 6.45) is -2.06. The van der Waals surface area contributed by atoms with Gasteiger partial charge in [0.25, 0.3) is 0 Å². The number of alkyl halides is 3. The normalized spacial score (nSPS) is 12.4. The minimum absolute atomic E-state index is 0.0930. The first-order valence-corrected chi connectivity index (χ1v) is 11.2. The second kappa shape index (κ2) is 9.13. The number of benzene rings is 1. The molecule has 0 saturated heterocycles. The Bertz CT molecular complexity index is 1030. The van der Waals surface area contributed by atoms with Gasteiger partial charge < -0.3 is 9.47 Å². The van der Waals surface area contributed by atoms with E-state index in [4.69, 9.17) is 4.74 Å². The van der Waals surface area contributed by atoms with Gasteiger partial charge in [-0.05, 0) is 32.9 Å². The van der Waals surface area contributed by atoms with Crippen LogP contribution >= 0.6 is 0 Å². The van der Waals surface area contributed by atoms with Gasteiger partial charge in [-0.1, -0.05) is 18.2 Å². The Morgan fingerprint density at radius 3 is 2.32 bits per heavy atom. The van der Waals surface area contributed by atoms with Crippen LogP contribution in [0.5, 0.6) is 5.75 Å². The fourth-order valence-corrected chi connectivity index (χ4v) is 3.16. The Morgan fingerprint density at radius 1 is 1.10 bits per heavy atom. The molecule has 0 aliphatic heterocycles. The second-order valence-corrected chi connectivity index (χ2v) is 9.95. The topological polar surface area (TPSA) is 85.8 Å². The van der Waals surface area contributed by atoms with E-state index in [1.807, 2.05) is 0 Å². The number of para-hydroxylation sites is 1. The Balaban J connectivity index is 2.52. The molecule has 11 heteroatoms. The Labute approximate surface area is 178 Å². The van der Waals surface area contributed by atoms with Gasteiger partial charge in [-0.25, -0.2) is 13.2 Å². The van der Waals surface area contributed by atoms with Gasteiger partial charge in [0.15, 0.2) is 9.84 Å². The Hall–Kier alpha value is -2.82. The van der Waals surface area contributed by atoms with Gasteiger partial charge in [0, 0.05) is 29.1 Å². The molecule has 0 saturated carbocycles. The predicted molar refractivity (Wildman–Crippen MR) is 110 cm³/mol. The summed E-state index contributed by atoms with van der Waals surface area (Å²) in [7, 11) is -3.35. The van der Waals surface area contributed by atoms with Gasteiger partial charge >= 0.3 is 12.5 Å². The zero-order valence-corrected chi connectivity index (χ0v) is 18.2. The number of carbonyl (C=O) groups excluding carboxylic acids is 1. The van der Waals surface area contributed by atoms with Gasteiger partial charge in [-0.3, -0.25) is 9.88 Å². The number of hydrogen-bond acceptors (Lipinski definition) is 6. The number of anilines is 1. The number of nitrogens with zero attached hydrogens (tertiary/aromatic N) is 2. The summed E-state index contributed by atoms with van der Waals surface area (Å²) < 4.78 is 70.6. The monoisotopic (exact) mass is 460 g/mol. The number of rotatable bonds is 6. The van der Waals surface area contributed by atoms with E-state index in [0.29, 0.717) is 0 Å². The number of sulfone groups is 1. The number of hydrogen-bond donors (Lipinski definition) is 0. The van der Waals surface area contributed by atoms with Gasteiger partial charge in [0.05, 0.1) is 17.6 Å². The van der Waals surface area contributed by atoms with Crippen LogP contribution in [-0.2, 0) is 14.6 Å². The van der Waals surface area contributed by atoms with Crippen molar-refractivity contribution in [2.45, 2.75) is 32.7 Å². The third kappa shape index (κ3) is 7.12. The van der Waals surface area contributed by atoms with E-state index in [1.54, 1.807) is 20.8 Å². The van der Waals surface area contributed by atoms with Crippen LogP contribution in [0.25, 0.3) is 11.1 Å². The molecule has 0 N–H and O–H groups in total. The summed E-state index contributed by atoms with van der Waals surface area (Å²) in [5.41, 5.74) is -0.349. The highest BCUT2D eigenvalue weighted by Gasteiger charge is 2.35. The molecule has 7 nitrogen and oxygen atoms in total. The number of ether oxygens (including phenoxy) is 2. The van der Waals surface area contributed by atoms with Crippen LogP contribution in [0, 0.1) is 0 Å². The molecule has 0 radical (unpaired) electrons. The van der Waals surface area contributed by atoms with Gasteiger partial charge in [-0.2, -0.15) is 0 Å². The van der Waals surface area contributed by atoms with Gasteiger partial charge in [0.1, 0.15) is 12.4 Å². The van der Waals surface area contributed by atoms with Gasteiger partial charge in [-0.15, -0.1) is 13.2 Å². The van der Waals surface area contributed by atoms with Crippen molar-refractivity contribution in [3.8, 4) is 16.9 Å². The molecular formula is C20H23F3N2O5S. The van der Waals surface area contributed by atoms with E-state index in [0.717, 1.165) is 6.26 Å². The lowest BCUT2D eigenvalue weighted by Gasteiger charge is -2.35. The third-order valence-corrected chi connectivity index (χ3v) is 4.89. The molecule has 0 bridgehead atoms. The summed E-state index contributed by atoms with van der Waals surface area (Å²) in [5, 5.41) is 0. The molecular weight excluding hydrogens is 437 g/mol. The second-order valence-electron chi connectivity index (χ2n) is 7.69. The van der Waals surface area contributed by atoms with Crippen molar-refractivity contribution in [2.24, 2.45) is 0 Å². The lowest BCUT2D eigenvalue weighted by Crippen LogP contribution is -2.47. The number of aromatic nitrogens is 1. The zero-order valence-electron chi connectivity index (χ0n) is 17.4. The minimum Gasteiger partial charge on any atom is -0.448 e. The molecule has 0 aliphatic rings. The highest BCUT2D eigenvalue weighted by atomic mass is 32.2. The van der Waals surface area contributed by atoms with Crippen molar-refractivity contribution in [2.75, 3.05) is 23.5 Å². The van der Waals surface area contributed by atoms with E-state index in [9.17, 15) is 26.4 Å². The van der Waals surface area contributed by atoms with Crippen molar-refractivity contribution >= 4 is 21.6 Å². The molecule has 170 valence electrons. The largest absolute Gasteiger partial charge is 0.573 e. The smallest absolute Gasteiger partial charge is 0.448 e. The summed E-state index contributed by atoms with van der Waals surface area (Å²) in [5.74, 6) is -0.805. The van der Waals surface area contributed by atoms with E-state index in [2.05, 4.69) is 9.72 Å². The zero-order chi connectivity index (χ0) is 23.4. The maximum Gasteiger partial charge on any atom is 0.573 e. The number of amides is 1. The standard InChI is InChI=1S/C20H23F3N2O5S/c1-19(2,3)25(18(26)29-11-12-31(4,27)28)16-13-24-10-9-14(16)15-7-5-6-8-17(15)30-20(21,22)23/h5-10,13H,11-12H2,1-4H3. The van der Waals surface area contributed by atoms with Crippen molar-refractivity contribution in [3.63, 3.8) is 0 Å². The van der Waals surface area contributed by atoms with E-state index < -0.39 is 33.6 Å². The van der Waals surface area contributed by atoms with Crippen LogP contribution in [0.1, 0.15) is 20.8 Å². The molecule has 1 amide bonds. The number of halogens is 3. The van der Waals surface area contributed by atoms with E-state index in [1.165, 1.54) is 47.6 Å². The molecule has 0 fully saturated rings.